The monoisotopic (exact) mass is 367 g/mol. The zero-order valence-corrected chi connectivity index (χ0v) is 13.7. The van der Waals surface area contributed by atoms with Crippen molar-refractivity contribution in [3.05, 3.63) is 29.3 Å². The zero-order chi connectivity index (χ0) is 18.7. The fourth-order valence-electron chi connectivity index (χ4n) is 1.97. The number of carboxylic acids is 1. The van der Waals surface area contributed by atoms with Crippen LogP contribution in [-0.2, 0) is 21.1 Å². The van der Waals surface area contributed by atoms with Crippen LogP contribution in [0.5, 0.6) is 0 Å². The molecule has 1 amide bonds. The fraction of sp³-hybridized carbons (Fsp3) is 0.429. The van der Waals surface area contributed by atoms with Crippen LogP contribution in [0.2, 0.25) is 0 Å². The highest BCUT2D eigenvalue weighted by atomic mass is 32.2. The largest absolute Gasteiger partial charge is 0.480 e. The van der Waals surface area contributed by atoms with Crippen LogP contribution in [-0.4, -0.2) is 43.9 Å². The van der Waals surface area contributed by atoms with Crippen LogP contribution in [0.15, 0.2) is 23.1 Å². The van der Waals surface area contributed by atoms with Crippen LogP contribution in [0.3, 0.4) is 0 Å². The second-order valence-corrected chi connectivity index (χ2v) is 7.14. The van der Waals surface area contributed by atoms with Crippen molar-refractivity contribution < 1.29 is 36.3 Å². The number of nitrogens with one attached hydrogen (secondary N) is 1. The molecule has 0 fully saturated rings. The Labute approximate surface area is 136 Å². The summed E-state index contributed by atoms with van der Waals surface area (Å²) in [4.78, 5) is 22.9. The molecule has 134 valence electrons. The van der Waals surface area contributed by atoms with Gasteiger partial charge in [-0.2, -0.15) is 13.2 Å². The van der Waals surface area contributed by atoms with Crippen molar-refractivity contribution in [1.29, 1.82) is 0 Å². The number of hydrogen-bond acceptors (Lipinski definition) is 4. The predicted octanol–water partition coefficient (Wildman–Crippen LogP) is 1.79. The number of alkyl halides is 3. The van der Waals surface area contributed by atoms with Gasteiger partial charge in [0.15, 0.2) is 9.84 Å². The van der Waals surface area contributed by atoms with Gasteiger partial charge in [-0.1, -0.05) is 13.0 Å². The Morgan fingerprint density at radius 3 is 2.29 bits per heavy atom. The Balaban J connectivity index is 3.19. The molecule has 0 heterocycles. The van der Waals surface area contributed by atoms with E-state index in [1.807, 2.05) is 0 Å². The number of benzene rings is 1. The first kappa shape index (κ1) is 19.9. The summed E-state index contributed by atoms with van der Waals surface area (Å²) in [7, 11) is -3.63. The minimum absolute atomic E-state index is 0.172. The zero-order valence-electron chi connectivity index (χ0n) is 12.8. The topological polar surface area (TPSA) is 101 Å². The van der Waals surface area contributed by atoms with Gasteiger partial charge in [0.1, 0.15) is 6.04 Å². The van der Waals surface area contributed by atoms with Gasteiger partial charge in [-0.05, 0) is 24.1 Å². The first-order valence-corrected chi connectivity index (χ1v) is 8.67. The molecule has 0 aliphatic heterocycles. The standard InChI is InChI=1S/C14H16F3NO5S/c1-3-8-4-5-9(24(2,22)23)6-10(8)12(19)18-11(13(20)21)7-14(15,16)17/h4-6,11H,3,7H2,1-2H3,(H,18,19)(H,20,21). The normalized spacial score (nSPS) is 13.4. The third-order valence-corrected chi connectivity index (χ3v) is 4.28. The van der Waals surface area contributed by atoms with Crippen LogP contribution in [0.25, 0.3) is 0 Å². The summed E-state index contributed by atoms with van der Waals surface area (Å²) in [6.45, 7) is 1.66. The van der Waals surface area contributed by atoms with Crippen LogP contribution in [0, 0.1) is 0 Å². The highest BCUT2D eigenvalue weighted by Crippen LogP contribution is 2.22. The fourth-order valence-corrected chi connectivity index (χ4v) is 2.62. The van der Waals surface area contributed by atoms with E-state index in [9.17, 15) is 31.2 Å². The number of carbonyl (C=O) groups is 2. The van der Waals surface area contributed by atoms with Gasteiger partial charge in [0, 0.05) is 11.8 Å². The van der Waals surface area contributed by atoms with Crippen molar-refractivity contribution in [2.24, 2.45) is 0 Å². The molecular weight excluding hydrogens is 351 g/mol. The Morgan fingerprint density at radius 1 is 1.29 bits per heavy atom. The summed E-state index contributed by atoms with van der Waals surface area (Å²) < 4.78 is 60.3. The van der Waals surface area contributed by atoms with E-state index >= 15 is 0 Å². The molecular formula is C14H16F3NO5S. The average Bonchev–Trinajstić information content (AvgIpc) is 2.43. The quantitative estimate of drug-likeness (QED) is 0.798. The van der Waals surface area contributed by atoms with Gasteiger partial charge in [0.05, 0.1) is 11.3 Å². The van der Waals surface area contributed by atoms with E-state index in [1.54, 1.807) is 12.2 Å². The minimum atomic E-state index is -4.78. The molecule has 0 saturated heterocycles. The van der Waals surface area contributed by atoms with E-state index in [2.05, 4.69) is 0 Å². The molecule has 1 unspecified atom stereocenters. The van der Waals surface area contributed by atoms with E-state index in [4.69, 9.17) is 5.11 Å². The van der Waals surface area contributed by atoms with Crippen LogP contribution in [0.4, 0.5) is 13.2 Å². The van der Waals surface area contributed by atoms with Crippen molar-refractivity contribution in [2.45, 2.75) is 36.9 Å². The minimum Gasteiger partial charge on any atom is -0.480 e. The summed E-state index contributed by atoms with van der Waals surface area (Å²) in [5.74, 6) is -2.91. The molecule has 0 bridgehead atoms. The van der Waals surface area contributed by atoms with Crippen LogP contribution in [0.1, 0.15) is 29.3 Å². The number of aliphatic carboxylic acids is 1. The van der Waals surface area contributed by atoms with Gasteiger partial charge in [0.25, 0.3) is 5.91 Å². The second kappa shape index (κ2) is 7.20. The number of aryl methyl sites for hydroxylation is 1. The molecule has 6 nitrogen and oxygen atoms in total. The molecule has 1 aromatic carbocycles. The van der Waals surface area contributed by atoms with E-state index in [1.165, 1.54) is 12.1 Å². The average molecular weight is 367 g/mol. The Kier molecular flexibility index (Phi) is 5.99. The molecule has 0 spiro atoms. The molecule has 0 aromatic heterocycles. The highest BCUT2D eigenvalue weighted by molar-refractivity contribution is 7.90. The van der Waals surface area contributed by atoms with E-state index in [0.29, 0.717) is 12.0 Å². The molecule has 0 aliphatic rings. The Bertz CT molecular complexity index is 743. The third-order valence-electron chi connectivity index (χ3n) is 3.17. The maximum absolute atomic E-state index is 12.4. The molecule has 10 heteroatoms. The van der Waals surface area contributed by atoms with Crippen molar-refractivity contribution in [3.8, 4) is 0 Å². The first-order chi connectivity index (χ1) is 10.8. The van der Waals surface area contributed by atoms with Crippen molar-refractivity contribution in [1.82, 2.24) is 5.32 Å². The molecule has 1 aromatic rings. The van der Waals surface area contributed by atoms with Gasteiger partial charge in [-0.15, -0.1) is 0 Å². The van der Waals surface area contributed by atoms with Crippen LogP contribution >= 0.6 is 0 Å². The van der Waals surface area contributed by atoms with Crippen LogP contribution < -0.4 is 5.32 Å². The van der Waals surface area contributed by atoms with E-state index < -0.39 is 40.4 Å². The highest BCUT2D eigenvalue weighted by Gasteiger charge is 2.36. The molecule has 0 saturated carbocycles. The third kappa shape index (κ3) is 5.52. The van der Waals surface area contributed by atoms with Gasteiger partial charge in [-0.25, -0.2) is 13.2 Å². The van der Waals surface area contributed by atoms with Crippen molar-refractivity contribution >= 4 is 21.7 Å². The molecule has 0 aliphatic carbocycles. The van der Waals surface area contributed by atoms with Gasteiger partial charge in [-0.3, -0.25) is 4.79 Å². The lowest BCUT2D eigenvalue weighted by Crippen LogP contribution is -2.43. The number of rotatable bonds is 6. The lowest BCUT2D eigenvalue weighted by atomic mass is 10.0. The Hall–Kier alpha value is -2.10. The SMILES string of the molecule is CCc1ccc(S(C)(=O)=O)cc1C(=O)NC(CC(F)(F)F)C(=O)O. The van der Waals surface area contributed by atoms with Gasteiger partial charge < -0.3 is 10.4 Å². The number of amides is 1. The Morgan fingerprint density at radius 2 is 1.88 bits per heavy atom. The lowest BCUT2D eigenvalue weighted by molar-refractivity contribution is -0.157. The maximum Gasteiger partial charge on any atom is 0.391 e. The van der Waals surface area contributed by atoms with Crippen molar-refractivity contribution in [2.75, 3.05) is 6.26 Å². The number of sulfone groups is 1. The lowest BCUT2D eigenvalue weighted by Gasteiger charge is -2.17. The number of carbonyl (C=O) groups excluding carboxylic acids is 1. The first-order valence-electron chi connectivity index (χ1n) is 6.78. The number of carboxylic acid groups (broad SMARTS) is 1. The second-order valence-electron chi connectivity index (χ2n) is 5.13. The maximum atomic E-state index is 12.4. The summed E-state index contributed by atoms with van der Waals surface area (Å²) in [6.07, 6.45) is -5.29. The summed E-state index contributed by atoms with van der Waals surface area (Å²) in [5.41, 5.74) is 0.213. The van der Waals surface area contributed by atoms with Gasteiger partial charge in [0.2, 0.25) is 0 Å². The number of hydrogen-bond donors (Lipinski definition) is 2. The van der Waals surface area contributed by atoms with E-state index in [0.717, 1.165) is 12.3 Å². The summed E-state index contributed by atoms with van der Waals surface area (Å²) in [5, 5.41) is 10.6. The molecule has 0 radical (unpaired) electrons. The molecule has 1 atom stereocenters. The predicted molar refractivity (Wildman–Crippen MR) is 78.5 cm³/mol. The smallest absolute Gasteiger partial charge is 0.391 e. The van der Waals surface area contributed by atoms with Crippen molar-refractivity contribution in [3.63, 3.8) is 0 Å². The molecule has 24 heavy (non-hydrogen) atoms. The molecule has 1 rings (SSSR count). The summed E-state index contributed by atoms with van der Waals surface area (Å²) >= 11 is 0. The molecule has 2 N–H and O–H groups in total. The van der Waals surface area contributed by atoms with Gasteiger partial charge >= 0.3 is 12.1 Å². The van der Waals surface area contributed by atoms with E-state index in [-0.39, 0.29) is 10.5 Å². The summed E-state index contributed by atoms with van der Waals surface area (Å²) in [6, 6.07) is 1.50. The number of halogens is 3.